The number of aromatic hydroxyl groups is 1. The average molecular weight is 401 g/mol. The number of carboxylic acid groups (broad SMARTS) is 1. The minimum Gasteiger partial charge on any atom is -0.507 e. The summed E-state index contributed by atoms with van der Waals surface area (Å²) in [5.41, 5.74) is 0.380. The molecule has 26 heavy (non-hydrogen) atoms. The van der Waals surface area contributed by atoms with Crippen molar-refractivity contribution in [2.45, 2.75) is 0 Å². The molecule has 0 unspecified atom stereocenters. The summed E-state index contributed by atoms with van der Waals surface area (Å²) >= 11 is 5.66. The predicted molar refractivity (Wildman–Crippen MR) is 92.3 cm³/mol. The predicted octanol–water partition coefficient (Wildman–Crippen LogP) is 2.13. The second-order valence-corrected chi connectivity index (χ2v) is 5.40. The molecule has 2 aromatic heterocycles. The number of amides is 1. The van der Waals surface area contributed by atoms with Gasteiger partial charge in [0.2, 0.25) is 0 Å². The van der Waals surface area contributed by atoms with Crippen LogP contribution in [-0.4, -0.2) is 43.2 Å². The zero-order valence-corrected chi connectivity index (χ0v) is 14.4. The van der Waals surface area contributed by atoms with Gasteiger partial charge in [-0.05, 0) is 12.1 Å². The number of pyridine rings is 1. The van der Waals surface area contributed by atoms with Gasteiger partial charge in [-0.2, -0.15) is 5.10 Å². The van der Waals surface area contributed by atoms with Gasteiger partial charge in [-0.3, -0.25) is 9.59 Å². The zero-order chi connectivity index (χ0) is 18.1. The van der Waals surface area contributed by atoms with E-state index < -0.39 is 30.0 Å². The van der Waals surface area contributed by atoms with E-state index in [1.165, 1.54) is 22.7 Å². The number of halogens is 3. The number of benzene rings is 1. The Labute approximate surface area is 156 Å². The third-order valence-electron chi connectivity index (χ3n) is 3.37. The van der Waals surface area contributed by atoms with Gasteiger partial charge in [-0.1, -0.05) is 17.7 Å². The van der Waals surface area contributed by atoms with E-state index in [0.29, 0.717) is 5.56 Å². The van der Waals surface area contributed by atoms with E-state index in [0.717, 1.165) is 12.4 Å². The quantitative estimate of drug-likeness (QED) is 0.617. The molecule has 1 amide bonds. The Balaban J connectivity index is 0.00000243. The first-order valence-corrected chi connectivity index (χ1v) is 7.27. The molecule has 3 N–H and O–H groups in total. The highest BCUT2D eigenvalue weighted by Crippen LogP contribution is 2.30. The van der Waals surface area contributed by atoms with E-state index in [9.17, 15) is 19.1 Å². The van der Waals surface area contributed by atoms with E-state index in [1.807, 2.05) is 0 Å². The summed E-state index contributed by atoms with van der Waals surface area (Å²) in [5, 5.41) is 24.9. The van der Waals surface area contributed by atoms with Gasteiger partial charge in [0.15, 0.2) is 5.65 Å². The van der Waals surface area contributed by atoms with Crippen molar-refractivity contribution in [3.05, 3.63) is 47.0 Å². The number of rotatable bonds is 4. The van der Waals surface area contributed by atoms with Gasteiger partial charge in [0.1, 0.15) is 30.0 Å². The Hall–Kier alpha value is -2.91. The first-order chi connectivity index (χ1) is 11.9. The number of hydrogen-bond donors (Lipinski definition) is 3. The molecule has 1 aromatic carbocycles. The van der Waals surface area contributed by atoms with E-state index in [2.05, 4.69) is 15.4 Å². The number of hydrogen-bond acceptors (Lipinski definition) is 5. The number of aromatic nitrogens is 3. The van der Waals surface area contributed by atoms with Crippen molar-refractivity contribution in [3.63, 3.8) is 0 Å². The van der Waals surface area contributed by atoms with E-state index in [4.69, 9.17) is 16.7 Å². The van der Waals surface area contributed by atoms with Crippen molar-refractivity contribution in [3.8, 4) is 17.0 Å². The summed E-state index contributed by atoms with van der Waals surface area (Å²) in [4.78, 5) is 26.6. The van der Waals surface area contributed by atoms with Crippen LogP contribution in [0.5, 0.6) is 5.75 Å². The molecule has 0 saturated carbocycles. The topological polar surface area (TPSA) is 117 Å². The third-order valence-corrected chi connectivity index (χ3v) is 3.68. The van der Waals surface area contributed by atoms with Crippen molar-refractivity contribution in [1.29, 1.82) is 0 Å². The van der Waals surface area contributed by atoms with Gasteiger partial charge in [0.25, 0.3) is 5.91 Å². The first kappa shape index (κ1) is 19.4. The van der Waals surface area contributed by atoms with Crippen molar-refractivity contribution in [2.75, 3.05) is 6.54 Å². The van der Waals surface area contributed by atoms with Gasteiger partial charge in [-0.15, -0.1) is 12.4 Å². The van der Waals surface area contributed by atoms with Crippen molar-refractivity contribution in [1.82, 2.24) is 19.9 Å². The summed E-state index contributed by atoms with van der Waals surface area (Å²) in [6.45, 7) is -0.622. The summed E-state index contributed by atoms with van der Waals surface area (Å²) in [7, 11) is 0. The Kier molecular flexibility index (Phi) is 5.63. The molecular formula is C15H11Cl2FN4O4. The maximum atomic E-state index is 13.7. The monoisotopic (exact) mass is 400 g/mol. The number of nitrogens with zero attached hydrogens (tertiary/aromatic N) is 3. The maximum absolute atomic E-state index is 13.7. The van der Waals surface area contributed by atoms with Crippen LogP contribution in [0, 0.1) is 5.82 Å². The van der Waals surface area contributed by atoms with Gasteiger partial charge < -0.3 is 15.5 Å². The Bertz CT molecular complexity index is 1010. The lowest BCUT2D eigenvalue weighted by Gasteiger charge is -2.11. The van der Waals surface area contributed by atoms with E-state index >= 15 is 0 Å². The SMILES string of the molecule is Cl.O=C(O)CNC(=O)c1c(O)cc(-c2ccc(Cl)c(F)c2)n2ncnc12. The molecule has 0 saturated heterocycles. The number of carbonyl (C=O) groups excluding carboxylic acids is 1. The molecule has 0 aliphatic heterocycles. The van der Waals surface area contributed by atoms with Gasteiger partial charge in [0.05, 0.1) is 10.7 Å². The normalized spacial score (nSPS) is 10.4. The lowest BCUT2D eigenvalue weighted by Crippen LogP contribution is -2.29. The first-order valence-electron chi connectivity index (χ1n) is 6.89. The lowest BCUT2D eigenvalue weighted by atomic mass is 10.1. The lowest BCUT2D eigenvalue weighted by molar-refractivity contribution is -0.135. The van der Waals surface area contributed by atoms with Crippen molar-refractivity contribution in [2.24, 2.45) is 0 Å². The molecule has 2 heterocycles. The standard InChI is InChI=1S/C15H10ClFN4O4.ClH/c16-8-2-1-7(3-9(8)17)10-4-11(22)13(14-19-6-20-21(10)14)15(25)18-5-12(23)24;/h1-4,6,22H,5H2,(H,18,25)(H,23,24);1H. The highest BCUT2D eigenvalue weighted by atomic mass is 35.5. The van der Waals surface area contributed by atoms with Crippen LogP contribution in [-0.2, 0) is 4.79 Å². The molecule has 0 aliphatic carbocycles. The molecule has 8 nitrogen and oxygen atoms in total. The Morgan fingerprint density at radius 2 is 2.04 bits per heavy atom. The second kappa shape index (κ2) is 7.54. The van der Waals surface area contributed by atoms with Gasteiger partial charge >= 0.3 is 5.97 Å². The zero-order valence-electron chi connectivity index (χ0n) is 12.8. The molecule has 136 valence electrons. The minimum absolute atomic E-state index is 0. The minimum atomic E-state index is -1.24. The number of aliphatic carboxylic acids is 1. The molecule has 3 rings (SSSR count). The molecule has 3 aromatic rings. The van der Waals surface area contributed by atoms with Crippen LogP contribution in [0.3, 0.4) is 0 Å². The molecule has 11 heteroatoms. The fourth-order valence-electron chi connectivity index (χ4n) is 2.29. The van der Waals surface area contributed by atoms with E-state index in [-0.39, 0.29) is 34.3 Å². The van der Waals surface area contributed by atoms with Gasteiger partial charge in [0, 0.05) is 11.6 Å². The summed E-state index contributed by atoms with van der Waals surface area (Å²) in [6, 6.07) is 5.23. The van der Waals surface area contributed by atoms with Crippen LogP contribution in [0.2, 0.25) is 5.02 Å². The number of fused-ring (bicyclic) bond motifs is 1. The number of carbonyl (C=O) groups is 2. The highest BCUT2D eigenvalue weighted by molar-refractivity contribution is 6.30. The van der Waals surface area contributed by atoms with Crippen LogP contribution >= 0.6 is 24.0 Å². The number of carboxylic acids is 1. The number of nitrogens with one attached hydrogen (secondary N) is 1. The largest absolute Gasteiger partial charge is 0.507 e. The summed E-state index contributed by atoms with van der Waals surface area (Å²) in [5.74, 6) is -3.17. The molecule has 0 spiro atoms. The molecule has 0 fully saturated rings. The summed E-state index contributed by atoms with van der Waals surface area (Å²) in [6.07, 6.45) is 1.15. The third kappa shape index (κ3) is 3.53. The summed E-state index contributed by atoms with van der Waals surface area (Å²) < 4.78 is 14.9. The molecule has 0 aliphatic rings. The van der Waals surface area contributed by atoms with Crippen LogP contribution in [0.1, 0.15) is 10.4 Å². The smallest absolute Gasteiger partial charge is 0.322 e. The van der Waals surface area contributed by atoms with Crippen LogP contribution in [0.15, 0.2) is 30.6 Å². The fourth-order valence-corrected chi connectivity index (χ4v) is 2.41. The Morgan fingerprint density at radius 1 is 1.31 bits per heavy atom. The average Bonchev–Trinajstić information content (AvgIpc) is 3.03. The van der Waals surface area contributed by atoms with Gasteiger partial charge in [-0.25, -0.2) is 13.9 Å². The molecular weight excluding hydrogens is 390 g/mol. The fraction of sp³-hybridized carbons (Fsp3) is 0.0667. The molecule has 0 bridgehead atoms. The second-order valence-electron chi connectivity index (χ2n) is 4.99. The highest BCUT2D eigenvalue weighted by Gasteiger charge is 2.21. The molecule has 0 atom stereocenters. The maximum Gasteiger partial charge on any atom is 0.322 e. The van der Waals surface area contributed by atoms with Crippen molar-refractivity contribution >= 4 is 41.5 Å². The van der Waals surface area contributed by atoms with E-state index in [1.54, 1.807) is 0 Å². The van der Waals surface area contributed by atoms with Crippen LogP contribution in [0.4, 0.5) is 4.39 Å². The Morgan fingerprint density at radius 3 is 2.69 bits per heavy atom. The molecule has 0 radical (unpaired) electrons. The van der Waals surface area contributed by atoms with Crippen molar-refractivity contribution < 1.29 is 24.2 Å². The van der Waals surface area contributed by atoms with Crippen LogP contribution in [0.25, 0.3) is 16.9 Å². The van der Waals surface area contributed by atoms with Crippen LogP contribution < -0.4 is 5.32 Å².